The molecule has 0 bridgehead atoms. The predicted octanol–water partition coefficient (Wildman–Crippen LogP) is 2.98. The van der Waals surface area contributed by atoms with Gasteiger partial charge in [0.2, 0.25) is 0 Å². The molecular formula is C17H29NO. The summed E-state index contributed by atoms with van der Waals surface area (Å²) in [6, 6.07) is 0.213. The molecule has 1 saturated heterocycles. The van der Waals surface area contributed by atoms with Crippen LogP contribution in [0.1, 0.15) is 47.5 Å². The van der Waals surface area contributed by atoms with Crippen LogP contribution in [0.5, 0.6) is 0 Å². The minimum atomic E-state index is 0.134. The van der Waals surface area contributed by atoms with E-state index in [1.54, 1.807) is 0 Å². The lowest BCUT2D eigenvalue weighted by molar-refractivity contribution is 0.0623. The molecule has 2 aliphatic carbocycles. The van der Waals surface area contributed by atoms with E-state index in [0.29, 0.717) is 16.2 Å². The van der Waals surface area contributed by atoms with Gasteiger partial charge in [-0.1, -0.05) is 40.7 Å². The molecule has 5 atom stereocenters. The van der Waals surface area contributed by atoms with E-state index in [1.807, 2.05) is 0 Å². The summed E-state index contributed by atoms with van der Waals surface area (Å²) >= 11 is 0. The molecule has 2 saturated carbocycles. The molecule has 2 N–H and O–H groups in total. The Bertz CT molecular complexity index is 445. The maximum atomic E-state index is 9.79. The van der Waals surface area contributed by atoms with E-state index in [-0.39, 0.29) is 23.5 Å². The molecule has 5 unspecified atom stereocenters. The standard InChI is InChI=1S/C17H29NO/c1-7-14(5)15(6)11-18-12(9-19)13(3,4)16(8-2)10-17(14,15)16/h7,12,18-19H,1,8-11H2,2-6H3. The quantitative estimate of drug-likeness (QED) is 0.767. The first-order chi connectivity index (χ1) is 8.74. The Kier molecular flexibility index (Phi) is 2.35. The first-order valence-corrected chi connectivity index (χ1v) is 7.72. The van der Waals surface area contributed by atoms with Crippen LogP contribution in [0.4, 0.5) is 0 Å². The Morgan fingerprint density at radius 1 is 1.32 bits per heavy atom. The molecule has 1 aliphatic heterocycles. The molecule has 1 spiro atoms. The summed E-state index contributed by atoms with van der Waals surface area (Å²) in [6.45, 7) is 17.3. The van der Waals surface area contributed by atoms with E-state index >= 15 is 0 Å². The molecule has 1 heterocycles. The largest absolute Gasteiger partial charge is 0.395 e. The zero-order chi connectivity index (χ0) is 14.3. The highest BCUT2D eigenvalue weighted by atomic mass is 16.3. The fraction of sp³-hybridized carbons (Fsp3) is 0.882. The Labute approximate surface area is 117 Å². The average molecular weight is 263 g/mol. The summed E-state index contributed by atoms with van der Waals surface area (Å²) in [5, 5.41) is 13.4. The van der Waals surface area contributed by atoms with Crippen LogP contribution in [-0.2, 0) is 0 Å². The molecule has 0 aromatic rings. The van der Waals surface area contributed by atoms with Crippen LogP contribution >= 0.6 is 0 Å². The number of allylic oxidation sites excluding steroid dienone is 1. The van der Waals surface area contributed by atoms with Gasteiger partial charge in [-0.3, -0.25) is 0 Å². The van der Waals surface area contributed by atoms with Gasteiger partial charge in [0.1, 0.15) is 0 Å². The van der Waals surface area contributed by atoms with Gasteiger partial charge in [0.05, 0.1) is 6.61 Å². The maximum Gasteiger partial charge on any atom is 0.0590 e. The van der Waals surface area contributed by atoms with Gasteiger partial charge in [0, 0.05) is 12.6 Å². The fourth-order valence-electron chi connectivity index (χ4n) is 6.53. The van der Waals surface area contributed by atoms with Crippen molar-refractivity contribution >= 4 is 0 Å². The summed E-state index contributed by atoms with van der Waals surface area (Å²) in [7, 11) is 0. The lowest BCUT2D eigenvalue weighted by Gasteiger charge is -2.42. The van der Waals surface area contributed by atoms with E-state index in [2.05, 4.69) is 52.6 Å². The zero-order valence-electron chi connectivity index (χ0n) is 13.1. The third kappa shape index (κ3) is 0.975. The van der Waals surface area contributed by atoms with Gasteiger partial charge in [0.15, 0.2) is 0 Å². The number of rotatable bonds is 3. The van der Waals surface area contributed by atoms with Crippen LogP contribution in [0, 0.1) is 27.1 Å². The lowest BCUT2D eigenvalue weighted by Crippen LogP contribution is -2.50. The van der Waals surface area contributed by atoms with E-state index in [4.69, 9.17) is 0 Å². The molecule has 3 fully saturated rings. The second kappa shape index (κ2) is 3.28. The molecule has 0 radical (unpaired) electrons. The van der Waals surface area contributed by atoms with E-state index in [0.717, 1.165) is 6.54 Å². The highest BCUT2D eigenvalue weighted by Crippen LogP contribution is 3.00. The van der Waals surface area contributed by atoms with Crippen molar-refractivity contribution in [3.05, 3.63) is 12.7 Å². The van der Waals surface area contributed by atoms with Crippen molar-refractivity contribution in [1.29, 1.82) is 0 Å². The summed E-state index contributed by atoms with van der Waals surface area (Å²) in [5.41, 5.74) is 1.45. The van der Waals surface area contributed by atoms with Crippen molar-refractivity contribution in [3.63, 3.8) is 0 Å². The molecular weight excluding hydrogens is 234 g/mol. The Balaban J connectivity index is 2.13. The second-order valence-electron chi connectivity index (χ2n) is 8.09. The second-order valence-corrected chi connectivity index (χ2v) is 8.09. The summed E-state index contributed by atoms with van der Waals surface area (Å²) in [4.78, 5) is 0. The van der Waals surface area contributed by atoms with Crippen molar-refractivity contribution in [1.82, 2.24) is 5.32 Å². The normalized spacial score (nSPS) is 57.7. The molecule has 2 heteroatoms. The van der Waals surface area contributed by atoms with Crippen LogP contribution in [0.2, 0.25) is 0 Å². The van der Waals surface area contributed by atoms with Crippen molar-refractivity contribution < 1.29 is 5.11 Å². The van der Waals surface area contributed by atoms with Gasteiger partial charge >= 0.3 is 0 Å². The highest BCUT2D eigenvalue weighted by molar-refractivity contribution is 5.48. The van der Waals surface area contributed by atoms with Crippen molar-refractivity contribution in [2.75, 3.05) is 13.2 Å². The average Bonchev–Trinajstić information content (AvgIpc) is 3.19. The first kappa shape index (κ1) is 13.6. The first-order valence-electron chi connectivity index (χ1n) is 7.72. The summed E-state index contributed by atoms with van der Waals surface area (Å²) in [6.07, 6.45) is 4.72. The molecule has 0 amide bonds. The van der Waals surface area contributed by atoms with Crippen molar-refractivity contribution in [2.45, 2.75) is 53.5 Å². The summed E-state index contributed by atoms with van der Waals surface area (Å²) in [5.74, 6) is 0. The van der Waals surface area contributed by atoms with Gasteiger partial charge < -0.3 is 10.4 Å². The number of hydrogen-bond donors (Lipinski definition) is 2. The molecule has 3 aliphatic rings. The molecule has 2 nitrogen and oxygen atoms in total. The molecule has 0 aromatic carbocycles. The third-order valence-electron chi connectivity index (χ3n) is 8.17. The fourth-order valence-corrected chi connectivity index (χ4v) is 6.53. The minimum Gasteiger partial charge on any atom is -0.395 e. The van der Waals surface area contributed by atoms with Gasteiger partial charge in [-0.2, -0.15) is 0 Å². The SMILES string of the molecule is C=CC1(C)C2(C)CNC(CO)C(C)(C)C3(CC)CC123. The van der Waals surface area contributed by atoms with Crippen molar-refractivity contribution in [2.24, 2.45) is 27.1 Å². The number of aliphatic hydroxyl groups is 1. The van der Waals surface area contributed by atoms with Crippen LogP contribution in [0.25, 0.3) is 0 Å². The summed E-state index contributed by atoms with van der Waals surface area (Å²) < 4.78 is 0. The third-order valence-corrected chi connectivity index (χ3v) is 8.17. The highest BCUT2D eigenvalue weighted by Gasteiger charge is 2.97. The van der Waals surface area contributed by atoms with Crippen LogP contribution in [0.15, 0.2) is 12.7 Å². The molecule has 0 aromatic heterocycles. The Morgan fingerprint density at radius 2 is 1.95 bits per heavy atom. The molecule has 108 valence electrons. The monoisotopic (exact) mass is 263 g/mol. The van der Waals surface area contributed by atoms with E-state index in [1.165, 1.54) is 12.8 Å². The molecule has 19 heavy (non-hydrogen) atoms. The van der Waals surface area contributed by atoms with Gasteiger partial charge in [-0.15, -0.1) is 6.58 Å². The van der Waals surface area contributed by atoms with Crippen LogP contribution in [-0.4, -0.2) is 24.3 Å². The smallest absolute Gasteiger partial charge is 0.0590 e. The van der Waals surface area contributed by atoms with Gasteiger partial charge in [-0.05, 0) is 39.9 Å². The minimum absolute atomic E-state index is 0.134. The van der Waals surface area contributed by atoms with Crippen LogP contribution < -0.4 is 5.32 Å². The van der Waals surface area contributed by atoms with Gasteiger partial charge in [-0.25, -0.2) is 0 Å². The van der Waals surface area contributed by atoms with Crippen molar-refractivity contribution in [3.8, 4) is 0 Å². The Hall–Kier alpha value is -0.340. The predicted molar refractivity (Wildman–Crippen MR) is 78.8 cm³/mol. The van der Waals surface area contributed by atoms with Gasteiger partial charge in [0.25, 0.3) is 0 Å². The van der Waals surface area contributed by atoms with E-state index < -0.39 is 0 Å². The number of hydrogen-bond acceptors (Lipinski definition) is 2. The lowest BCUT2D eigenvalue weighted by atomic mass is 9.66. The molecule has 3 rings (SSSR count). The Morgan fingerprint density at radius 3 is 2.42 bits per heavy atom. The number of nitrogens with one attached hydrogen (secondary N) is 1. The van der Waals surface area contributed by atoms with E-state index in [9.17, 15) is 5.11 Å². The topological polar surface area (TPSA) is 32.3 Å². The number of aliphatic hydroxyl groups excluding tert-OH is 1. The zero-order valence-corrected chi connectivity index (χ0v) is 13.1. The van der Waals surface area contributed by atoms with Crippen LogP contribution in [0.3, 0.4) is 0 Å². The maximum absolute atomic E-state index is 9.79.